The van der Waals surface area contributed by atoms with Gasteiger partial charge in [-0.25, -0.2) is 4.68 Å². The van der Waals surface area contributed by atoms with Gasteiger partial charge in [-0.05, 0) is 19.2 Å². The molecule has 2 rings (SSSR count). The number of benzene rings is 1. The quantitative estimate of drug-likeness (QED) is 0.761. The van der Waals surface area contributed by atoms with Crippen LogP contribution in [0.4, 0.5) is 0 Å². The van der Waals surface area contributed by atoms with Gasteiger partial charge in [-0.3, -0.25) is 0 Å². The fourth-order valence-corrected chi connectivity index (χ4v) is 1.43. The molecule has 0 radical (unpaired) electrons. The number of likely N-dealkylation sites (N-methyl/N-ethyl adjacent to an activating group) is 1. The molecule has 0 atom stereocenters. The van der Waals surface area contributed by atoms with Crippen molar-refractivity contribution < 1.29 is 9.84 Å². The van der Waals surface area contributed by atoms with Gasteiger partial charge in [-0.1, -0.05) is 6.07 Å². The molecule has 1 aromatic heterocycles. The lowest BCUT2D eigenvalue weighted by Gasteiger charge is -2.02. The van der Waals surface area contributed by atoms with Gasteiger partial charge in [0.25, 0.3) is 0 Å². The van der Waals surface area contributed by atoms with Crippen molar-refractivity contribution in [1.82, 2.24) is 15.1 Å². The molecule has 90 valence electrons. The predicted octanol–water partition coefficient (Wildman–Crippen LogP) is 1.18. The first-order valence-corrected chi connectivity index (χ1v) is 5.41. The second-order valence-electron chi connectivity index (χ2n) is 3.59. The molecule has 0 fully saturated rings. The Labute approximate surface area is 99.6 Å². The SMILES string of the molecule is CNCCOc1cnn(-c2cccc(O)c2)c1. The summed E-state index contributed by atoms with van der Waals surface area (Å²) in [5, 5.41) is 16.5. The Morgan fingerprint density at radius 2 is 2.35 bits per heavy atom. The maximum absolute atomic E-state index is 9.37. The van der Waals surface area contributed by atoms with Gasteiger partial charge >= 0.3 is 0 Å². The van der Waals surface area contributed by atoms with E-state index in [4.69, 9.17) is 4.74 Å². The Morgan fingerprint density at radius 3 is 3.12 bits per heavy atom. The molecule has 0 aliphatic heterocycles. The van der Waals surface area contributed by atoms with Gasteiger partial charge in [0.15, 0.2) is 5.75 Å². The summed E-state index contributed by atoms with van der Waals surface area (Å²) in [6, 6.07) is 6.90. The van der Waals surface area contributed by atoms with Crippen LogP contribution in [0, 0.1) is 0 Å². The summed E-state index contributed by atoms with van der Waals surface area (Å²) in [5.74, 6) is 0.930. The van der Waals surface area contributed by atoms with E-state index in [1.807, 2.05) is 13.1 Å². The van der Waals surface area contributed by atoms with E-state index in [2.05, 4.69) is 10.4 Å². The molecule has 0 saturated heterocycles. The van der Waals surface area contributed by atoms with Crippen LogP contribution in [-0.4, -0.2) is 35.1 Å². The van der Waals surface area contributed by atoms with Crippen LogP contribution in [0.3, 0.4) is 0 Å². The summed E-state index contributed by atoms with van der Waals surface area (Å²) in [4.78, 5) is 0. The number of hydrogen-bond acceptors (Lipinski definition) is 4. The van der Waals surface area contributed by atoms with E-state index >= 15 is 0 Å². The Balaban J connectivity index is 2.07. The number of aromatic hydroxyl groups is 1. The highest BCUT2D eigenvalue weighted by molar-refractivity contribution is 5.38. The first kappa shape index (κ1) is 11.5. The maximum atomic E-state index is 9.37. The molecule has 0 aliphatic rings. The second kappa shape index (κ2) is 5.36. The molecule has 1 heterocycles. The highest BCUT2D eigenvalue weighted by Crippen LogP contribution is 2.17. The molecule has 5 nitrogen and oxygen atoms in total. The lowest BCUT2D eigenvalue weighted by Crippen LogP contribution is -2.15. The molecule has 0 unspecified atom stereocenters. The van der Waals surface area contributed by atoms with Gasteiger partial charge in [-0.2, -0.15) is 5.10 Å². The average molecular weight is 233 g/mol. The van der Waals surface area contributed by atoms with Crippen LogP contribution in [0.25, 0.3) is 5.69 Å². The van der Waals surface area contributed by atoms with Crippen LogP contribution in [-0.2, 0) is 0 Å². The van der Waals surface area contributed by atoms with Crippen molar-refractivity contribution in [3.05, 3.63) is 36.7 Å². The first-order chi connectivity index (χ1) is 8.29. The number of phenolic OH excluding ortho intramolecular Hbond substituents is 1. The molecule has 0 aliphatic carbocycles. The van der Waals surface area contributed by atoms with Crippen molar-refractivity contribution >= 4 is 0 Å². The standard InChI is InChI=1S/C12H15N3O2/c1-13-5-6-17-12-8-14-15(9-12)10-3-2-4-11(16)7-10/h2-4,7-9,13,16H,5-6H2,1H3. The molecule has 2 aromatic rings. The van der Waals surface area contributed by atoms with Crippen LogP contribution < -0.4 is 10.1 Å². The Morgan fingerprint density at radius 1 is 1.47 bits per heavy atom. The fourth-order valence-electron chi connectivity index (χ4n) is 1.43. The van der Waals surface area contributed by atoms with Gasteiger partial charge < -0.3 is 15.2 Å². The molecule has 2 N–H and O–H groups in total. The molecule has 0 amide bonds. The number of ether oxygens (including phenoxy) is 1. The zero-order valence-corrected chi connectivity index (χ0v) is 9.63. The predicted molar refractivity (Wildman–Crippen MR) is 64.7 cm³/mol. The van der Waals surface area contributed by atoms with Gasteiger partial charge in [0, 0.05) is 12.6 Å². The van der Waals surface area contributed by atoms with E-state index in [1.165, 1.54) is 0 Å². The monoisotopic (exact) mass is 233 g/mol. The molecule has 1 aromatic carbocycles. The van der Waals surface area contributed by atoms with Crippen LogP contribution in [0.2, 0.25) is 0 Å². The summed E-state index contributed by atoms with van der Waals surface area (Å²) < 4.78 is 7.13. The maximum Gasteiger partial charge on any atom is 0.157 e. The van der Waals surface area contributed by atoms with E-state index in [-0.39, 0.29) is 5.75 Å². The number of phenols is 1. The third kappa shape index (κ3) is 2.98. The largest absolute Gasteiger partial charge is 0.508 e. The summed E-state index contributed by atoms with van der Waals surface area (Å²) in [6.45, 7) is 1.39. The number of nitrogens with one attached hydrogen (secondary N) is 1. The highest BCUT2D eigenvalue weighted by atomic mass is 16.5. The van der Waals surface area contributed by atoms with Crippen molar-refractivity contribution in [2.75, 3.05) is 20.2 Å². The second-order valence-corrected chi connectivity index (χ2v) is 3.59. The van der Waals surface area contributed by atoms with Crippen LogP contribution in [0.15, 0.2) is 36.7 Å². The van der Waals surface area contributed by atoms with Crippen LogP contribution in [0.5, 0.6) is 11.5 Å². The van der Waals surface area contributed by atoms with E-state index in [0.717, 1.165) is 12.2 Å². The number of rotatable bonds is 5. The lowest BCUT2D eigenvalue weighted by atomic mass is 10.3. The molecule has 0 spiro atoms. The van der Waals surface area contributed by atoms with Gasteiger partial charge in [0.05, 0.1) is 18.1 Å². The van der Waals surface area contributed by atoms with E-state index in [0.29, 0.717) is 12.4 Å². The minimum atomic E-state index is 0.218. The van der Waals surface area contributed by atoms with Crippen molar-refractivity contribution in [3.63, 3.8) is 0 Å². The summed E-state index contributed by atoms with van der Waals surface area (Å²) in [7, 11) is 1.87. The minimum Gasteiger partial charge on any atom is -0.508 e. The zero-order chi connectivity index (χ0) is 12.1. The topological polar surface area (TPSA) is 59.3 Å². The van der Waals surface area contributed by atoms with E-state index < -0.39 is 0 Å². The van der Waals surface area contributed by atoms with Crippen molar-refractivity contribution in [2.24, 2.45) is 0 Å². The van der Waals surface area contributed by atoms with Gasteiger partial charge in [0.1, 0.15) is 12.4 Å². The Kier molecular flexibility index (Phi) is 3.62. The first-order valence-electron chi connectivity index (χ1n) is 5.41. The fraction of sp³-hybridized carbons (Fsp3) is 0.250. The summed E-state index contributed by atoms with van der Waals surface area (Å²) in [5.41, 5.74) is 0.800. The van der Waals surface area contributed by atoms with Crippen LogP contribution >= 0.6 is 0 Å². The van der Waals surface area contributed by atoms with E-state index in [9.17, 15) is 5.11 Å². The Bertz CT molecular complexity index is 482. The van der Waals surface area contributed by atoms with Crippen LogP contribution in [0.1, 0.15) is 0 Å². The van der Waals surface area contributed by atoms with Gasteiger partial charge in [-0.15, -0.1) is 0 Å². The zero-order valence-electron chi connectivity index (χ0n) is 9.63. The third-order valence-electron chi connectivity index (χ3n) is 2.27. The Hall–Kier alpha value is -2.01. The lowest BCUT2D eigenvalue weighted by molar-refractivity contribution is 0.318. The molecule has 0 bridgehead atoms. The number of aromatic nitrogens is 2. The molecular weight excluding hydrogens is 218 g/mol. The molecule has 5 heteroatoms. The summed E-state index contributed by atoms with van der Waals surface area (Å²) in [6.07, 6.45) is 3.43. The smallest absolute Gasteiger partial charge is 0.157 e. The third-order valence-corrected chi connectivity index (χ3v) is 2.27. The van der Waals surface area contributed by atoms with E-state index in [1.54, 1.807) is 35.3 Å². The minimum absolute atomic E-state index is 0.218. The summed E-state index contributed by atoms with van der Waals surface area (Å²) >= 11 is 0. The highest BCUT2D eigenvalue weighted by Gasteiger charge is 2.02. The van der Waals surface area contributed by atoms with Crippen molar-refractivity contribution in [1.29, 1.82) is 0 Å². The molecular formula is C12H15N3O2. The number of hydrogen-bond donors (Lipinski definition) is 2. The van der Waals surface area contributed by atoms with Crippen molar-refractivity contribution in [3.8, 4) is 17.2 Å². The van der Waals surface area contributed by atoms with Gasteiger partial charge in [0.2, 0.25) is 0 Å². The average Bonchev–Trinajstić information content (AvgIpc) is 2.78. The molecule has 17 heavy (non-hydrogen) atoms. The van der Waals surface area contributed by atoms with Crippen molar-refractivity contribution in [2.45, 2.75) is 0 Å². The molecule has 0 saturated carbocycles. The normalized spacial score (nSPS) is 10.4. The number of nitrogens with zero attached hydrogens (tertiary/aromatic N) is 2.